The highest BCUT2D eigenvalue weighted by Crippen LogP contribution is 2.26. The van der Waals surface area contributed by atoms with Crippen molar-refractivity contribution in [1.82, 2.24) is 15.3 Å². The van der Waals surface area contributed by atoms with Crippen molar-refractivity contribution >= 4 is 51.6 Å². The molecule has 0 aliphatic carbocycles. The first kappa shape index (κ1) is 22.0. The number of H-pyrrole nitrogens is 1. The highest BCUT2D eigenvalue weighted by Gasteiger charge is 2.22. The summed E-state index contributed by atoms with van der Waals surface area (Å²) in [6.45, 7) is 9.90. The maximum Gasteiger partial charge on any atom is 0.259 e. The van der Waals surface area contributed by atoms with Crippen LogP contribution in [0, 0.1) is 13.8 Å². The number of rotatable bonds is 6. The molecule has 0 saturated carbocycles. The number of carbonyl (C=O) groups excluding carboxylic acids is 1. The lowest BCUT2D eigenvalue weighted by molar-refractivity contribution is -0.121. The van der Waals surface area contributed by atoms with Gasteiger partial charge in [-0.25, -0.2) is 4.98 Å². The van der Waals surface area contributed by atoms with Gasteiger partial charge in [0.05, 0.1) is 16.4 Å². The molecule has 1 amide bonds. The van der Waals surface area contributed by atoms with Crippen LogP contribution in [0.5, 0.6) is 0 Å². The van der Waals surface area contributed by atoms with Gasteiger partial charge in [0, 0.05) is 17.0 Å². The number of hydrogen-bond acceptors (Lipinski definition) is 6. The van der Waals surface area contributed by atoms with Gasteiger partial charge in [-0.3, -0.25) is 9.59 Å². The summed E-state index contributed by atoms with van der Waals surface area (Å²) in [7, 11) is 0. The van der Waals surface area contributed by atoms with E-state index in [1.807, 2.05) is 34.6 Å². The molecular formula is C16H25ClN4O2S2. The van der Waals surface area contributed by atoms with E-state index in [1.165, 1.54) is 23.1 Å². The monoisotopic (exact) mass is 404 g/mol. The van der Waals surface area contributed by atoms with E-state index in [2.05, 4.69) is 15.3 Å². The molecule has 0 aliphatic rings. The summed E-state index contributed by atoms with van der Waals surface area (Å²) in [5.74, 6) is 0.997. The summed E-state index contributed by atoms with van der Waals surface area (Å²) in [5.41, 5.74) is 6.08. The van der Waals surface area contributed by atoms with E-state index in [0.29, 0.717) is 23.5 Å². The van der Waals surface area contributed by atoms with Crippen molar-refractivity contribution in [3.63, 3.8) is 0 Å². The van der Waals surface area contributed by atoms with Crippen LogP contribution in [0.1, 0.15) is 37.0 Å². The predicted octanol–water partition coefficient (Wildman–Crippen LogP) is 2.50. The maximum atomic E-state index is 12.2. The third-order valence-corrected chi connectivity index (χ3v) is 6.15. The van der Waals surface area contributed by atoms with Crippen molar-refractivity contribution < 1.29 is 4.79 Å². The van der Waals surface area contributed by atoms with Crippen LogP contribution in [-0.4, -0.2) is 33.2 Å². The SMILES string of the molecule is Cc1sc2nc(CSC(C)C(=O)NC(C)(C)CN)[nH]c(=O)c2c1C.Cl. The van der Waals surface area contributed by atoms with E-state index in [1.54, 1.807) is 0 Å². The Kier molecular flexibility index (Phi) is 7.49. The number of nitrogens with zero attached hydrogens (tertiary/aromatic N) is 1. The number of nitrogens with one attached hydrogen (secondary N) is 2. The van der Waals surface area contributed by atoms with Gasteiger partial charge in [-0.2, -0.15) is 0 Å². The number of thioether (sulfide) groups is 1. The topological polar surface area (TPSA) is 101 Å². The summed E-state index contributed by atoms with van der Waals surface area (Å²) < 4.78 is 0. The van der Waals surface area contributed by atoms with E-state index in [4.69, 9.17) is 5.73 Å². The molecular weight excluding hydrogens is 380 g/mol. The van der Waals surface area contributed by atoms with Gasteiger partial charge >= 0.3 is 0 Å². The number of halogens is 1. The molecule has 0 fully saturated rings. The second-order valence-electron chi connectivity index (χ2n) is 6.51. The van der Waals surface area contributed by atoms with Crippen molar-refractivity contribution in [2.24, 2.45) is 5.73 Å². The molecule has 2 aromatic rings. The summed E-state index contributed by atoms with van der Waals surface area (Å²) in [6, 6.07) is 0. The zero-order valence-corrected chi connectivity index (χ0v) is 17.5. The molecule has 2 rings (SSSR count). The molecule has 1 unspecified atom stereocenters. The van der Waals surface area contributed by atoms with Gasteiger partial charge in [0.15, 0.2) is 0 Å². The zero-order valence-electron chi connectivity index (χ0n) is 15.1. The molecule has 2 heterocycles. The Morgan fingerprint density at radius 3 is 2.68 bits per heavy atom. The number of thiophene rings is 1. The molecule has 25 heavy (non-hydrogen) atoms. The Morgan fingerprint density at radius 1 is 1.44 bits per heavy atom. The summed E-state index contributed by atoms with van der Waals surface area (Å²) in [6.07, 6.45) is 0. The Morgan fingerprint density at radius 2 is 2.08 bits per heavy atom. The smallest absolute Gasteiger partial charge is 0.259 e. The van der Waals surface area contributed by atoms with E-state index in [0.717, 1.165) is 15.3 Å². The maximum absolute atomic E-state index is 12.2. The molecule has 6 nitrogen and oxygen atoms in total. The van der Waals surface area contributed by atoms with Gasteiger partial charge in [-0.15, -0.1) is 35.5 Å². The van der Waals surface area contributed by atoms with Crippen LogP contribution in [0.25, 0.3) is 10.2 Å². The second kappa shape index (κ2) is 8.53. The van der Waals surface area contributed by atoms with Gasteiger partial charge in [0.1, 0.15) is 10.7 Å². The van der Waals surface area contributed by atoms with Crippen molar-refractivity contribution in [3.8, 4) is 0 Å². The number of aromatic amines is 1. The van der Waals surface area contributed by atoms with Crippen molar-refractivity contribution in [1.29, 1.82) is 0 Å². The fourth-order valence-electron chi connectivity index (χ4n) is 2.13. The average Bonchev–Trinajstić information content (AvgIpc) is 2.79. The van der Waals surface area contributed by atoms with Crippen LogP contribution >= 0.6 is 35.5 Å². The fraction of sp³-hybridized carbons (Fsp3) is 0.562. The molecule has 0 saturated heterocycles. The zero-order chi connectivity index (χ0) is 18.1. The molecule has 0 aliphatic heterocycles. The minimum Gasteiger partial charge on any atom is -0.349 e. The molecule has 0 spiro atoms. The van der Waals surface area contributed by atoms with E-state index >= 15 is 0 Å². The van der Waals surface area contributed by atoms with Crippen LogP contribution in [-0.2, 0) is 10.5 Å². The highest BCUT2D eigenvalue weighted by molar-refractivity contribution is 7.99. The number of fused-ring (bicyclic) bond motifs is 1. The van der Waals surface area contributed by atoms with Gasteiger partial charge in [0.25, 0.3) is 5.56 Å². The number of hydrogen-bond donors (Lipinski definition) is 3. The highest BCUT2D eigenvalue weighted by atomic mass is 35.5. The number of aryl methyl sites for hydroxylation is 2. The quantitative estimate of drug-likeness (QED) is 0.686. The second-order valence-corrected chi connectivity index (χ2v) is 9.04. The minimum absolute atomic E-state index is 0. The van der Waals surface area contributed by atoms with Crippen molar-refractivity contribution in [2.75, 3.05) is 6.54 Å². The average molecular weight is 405 g/mol. The minimum atomic E-state index is -0.427. The molecule has 9 heteroatoms. The number of nitrogens with two attached hydrogens (primary N) is 1. The molecule has 1 atom stereocenters. The third kappa shape index (κ3) is 5.20. The number of amides is 1. The Labute approximate surface area is 161 Å². The summed E-state index contributed by atoms with van der Waals surface area (Å²) >= 11 is 2.96. The normalized spacial score (nSPS) is 12.7. The first-order valence-electron chi connectivity index (χ1n) is 7.77. The largest absolute Gasteiger partial charge is 0.349 e. The lowest BCUT2D eigenvalue weighted by Gasteiger charge is -2.26. The van der Waals surface area contributed by atoms with Gasteiger partial charge in [-0.05, 0) is 40.2 Å². The summed E-state index contributed by atoms with van der Waals surface area (Å²) in [5, 5.41) is 3.33. The molecule has 2 aromatic heterocycles. The fourth-order valence-corrected chi connectivity index (χ4v) is 3.94. The summed E-state index contributed by atoms with van der Waals surface area (Å²) in [4.78, 5) is 33.6. The Bertz CT molecular complexity index is 816. The number of aromatic nitrogens is 2. The first-order valence-corrected chi connectivity index (χ1v) is 9.63. The van der Waals surface area contributed by atoms with E-state index < -0.39 is 5.54 Å². The first-order chi connectivity index (χ1) is 11.1. The van der Waals surface area contributed by atoms with Crippen LogP contribution < -0.4 is 16.6 Å². The van der Waals surface area contributed by atoms with Crippen molar-refractivity contribution in [3.05, 3.63) is 26.6 Å². The van der Waals surface area contributed by atoms with Crippen LogP contribution in [0.2, 0.25) is 0 Å². The lowest BCUT2D eigenvalue weighted by Crippen LogP contribution is -2.51. The number of carbonyl (C=O) groups is 1. The van der Waals surface area contributed by atoms with Crippen LogP contribution in [0.3, 0.4) is 0 Å². The Balaban J connectivity index is 0.00000312. The van der Waals surface area contributed by atoms with Crippen LogP contribution in [0.15, 0.2) is 4.79 Å². The van der Waals surface area contributed by atoms with E-state index in [9.17, 15) is 9.59 Å². The molecule has 4 N–H and O–H groups in total. The van der Waals surface area contributed by atoms with Gasteiger partial charge < -0.3 is 16.0 Å². The molecule has 0 bridgehead atoms. The van der Waals surface area contributed by atoms with Gasteiger partial charge in [0.2, 0.25) is 5.91 Å². The molecule has 0 aromatic carbocycles. The van der Waals surface area contributed by atoms with E-state index in [-0.39, 0.29) is 29.1 Å². The van der Waals surface area contributed by atoms with Crippen LogP contribution in [0.4, 0.5) is 0 Å². The predicted molar refractivity (Wildman–Crippen MR) is 109 cm³/mol. The lowest BCUT2D eigenvalue weighted by atomic mass is 10.1. The molecule has 0 radical (unpaired) electrons. The third-order valence-electron chi connectivity index (χ3n) is 3.90. The van der Waals surface area contributed by atoms with Crippen molar-refractivity contribution in [2.45, 2.75) is 51.2 Å². The molecule has 140 valence electrons. The Hall–Kier alpha value is -1.09. The van der Waals surface area contributed by atoms with Gasteiger partial charge in [-0.1, -0.05) is 0 Å². The standard InChI is InChI=1S/C16H24N4O2S2.ClH/c1-8-9(2)24-15-12(8)14(22)18-11(19-15)6-23-10(3)13(21)20-16(4,5)7-17;/h10H,6-7,17H2,1-5H3,(H,20,21)(H,18,19,22);1H.